The molecule has 0 radical (unpaired) electrons. The average Bonchev–Trinajstić information content (AvgIpc) is 3.25. The highest BCUT2D eigenvalue weighted by Gasteiger charge is 2.29. The van der Waals surface area contributed by atoms with E-state index in [0.717, 1.165) is 38.5 Å². The van der Waals surface area contributed by atoms with Crippen molar-refractivity contribution in [1.82, 2.24) is 24.0 Å². The van der Waals surface area contributed by atoms with Crippen LogP contribution in [0.4, 0.5) is 5.95 Å². The Bertz CT molecular complexity index is 1340. The van der Waals surface area contributed by atoms with E-state index in [1.807, 2.05) is 4.57 Å². The Morgan fingerprint density at radius 1 is 0.912 bits per heavy atom. The molecule has 1 fully saturated rings. The number of imidazole rings is 1. The molecule has 8 heteroatoms. The van der Waals surface area contributed by atoms with Crippen molar-refractivity contribution in [1.29, 1.82) is 0 Å². The molecule has 1 aliphatic rings. The summed E-state index contributed by atoms with van der Waals surface area (Å²) < 4.78 is 3.39. The minimum Gasteiger partial charge on any atom is -0.340 e. The highest BCUT2D eigenvalue weighted by atomic mass is 16.2. The van der Waals surface area contributed by atoms with Gasteiger partial charge >= 0.3 is 5.69 Å². The third kappa shape index (κ3) is 3.94. The van der Waals surface area contributed by atoms with Crippen molar-refractivity contribution in [3.05, 3.63) is 92.6 Å². The number of rotatable bonds is 6. The van der Waals surface area contributed by atoms with E-state index in [1.54, 1.807) is 7.05 Å². The lowest BCUT2D eigenvalue weighted by atomic mass is 9.96. The van der Waals surface area contributed by atoms with Crippen LogP contribution in [0.15, 0.2) is 70.3 Å². The molecule has 0 aliphatic carbocycles. The van der Waals surface area contributed by atoms with E-state index < -0.39 is 5.69 Å². The minimum absolute atomic E-state index is 0.183. The molecule has 0 unspecified atom stereocenters. The van der Waals surface area contributed by atoms with Gasteiger partial charge in [-0.05, 0) is 17.5 Å². The highest BCUT2D eigenvalue weighted by Crippen LogP contribution is 2.30. The first kappa shape index (κ1) is 22.2. The van der Waals surface area contributed by atoms with Crippen LogP contribution < -0.4 is 16.1 Å². The molecule has 0 spiro atoms. The molecule has 1 N–H and O–H groups in total. The van der Waals surface area contributed by atoms with Crippen molar-refractivity contribution < 1.29 is 0 Å². The number of nitrogens with one attached hydrogen (secondary N) is 1. The summed E-state index contributed by atoms with van der Waals surface area (Å²) >= 11 is 0. The van der Waals surface area contributed by atoms with Crippen molar-refractivity contribution in [2.45, 2.75) is 25.9 Å². The molecule has 1 aliphatic heterocycles. The topological polar surface area (TPSA) is 79.2 Å². The van der Waals surface area contributed by atoms with Crippen LogP contribution in [0.3, 0.4) is 0 Å². The van der Waals surface area contributed by atoms with Crippen LogP contribution >= 0.6 is 0 Å². The van der Waals surface area contributed by atoms with Gasteiger partial charge in [-0.2, -0.15) is 4.98 Å². The van der Waals surface area contributed by atoms with E-state index in [2.05, 4.69) is 82.4 Å². The third-order valence-corrected chi connectivity index (χ3v) is 6.63. The number of hydrogen-bond donors (Lipinski definition) is 1. The Morgan fingerprint density at radius 2 is 1.50 bits per heavy atom. The second-order valence-electron chi connectivity index (χ2n) is 8.80. The fourth-order valence-corrected chi connectivity index (χ4v) is 4.96. The lowest BCUT2D eigenvalue weighted by molar-refractivity contribution is 0.211. The number of H-pyrrole nitrogens is 1. The van der Waals surface area contributed by atoms with Crippen LogP contribution in [0.5, 0.6) is 0 Å². The number of fused-ring (bicyclic) bond motifs is 1. The molecule has 1 saturated heterocycles. The molecule has 176 valence electrons. The van der Waals surface area contributed by atoms with E-state index in [-0.39, 0.29) is 11.6 Å². The Hall–Kier alpha value is -3.65. The number of nitrogens with zero attached hydrogens (tertiary/aromatic N) is 5. The Morgan fingerprint density at radius 3 is 2.06 bits per heavy atom. The normalized spacial score (nSPS) is 14.9. The number of hydrogen-bond acceptors (Lipinski definition) is 5. The summed E-state index contributed by atoms with van der Waals surface area (Å²) in [6.45, 7) is 6.04. The number of anilines is 1. The first-order chi connectivity index (χ1) is 16.6. The molecule has 4 aromatic rings. The smallest absolute Gasteiger partial charge is 0.329 e. The molecule has 3 heterocycles. The molecule has 5 rings (SSSR count). The Kier molecular flexibility index (Phi) is 6.06. The fraction of sp³-hybridized carbons (Fsp3) is 0.346. The lowest BCUT2D eigenvalue weighted by Crippen LogP contribution is -2.48. The zero-order valence-electron chi connectivity index (χ0n) is 19.6. The van der Waals surface area contributed by atoms with Crippen LogP contribution in [0.25, 0.3) is 11.2 Å². The molecule has 2 aromatic heterocycles. The van der Waals surface area contributed by atoms with Crippen LogP contribution in [0, 0.1) is 0 Å². The van der Waals surface area contributed by atoms with Gasteiger partial charge in [0, 0.05) is 39.8 Å². The Labute approximate surface area is 198 Å². The molecule has 0 atom stereocenters. The molecule has 34 heavy (non-hydrogen) atoms. The number of piperazine rings is 1. The van der Waals surface area contributed by atoms with Crippen LogP contribution in [0.2, 0.25) is 0 Å². The largest absolute Gasteiger partial charge is 0.340 e. The van der Waals surface area contributed by atoms with Gasteiger partial charge in [0.05, 0.1) is 6.04 Å². The molecule has 2 aromatic carbocycles. The van der Waals surface area contributed by atoms with E-state index >= 15 is 0 Å². The summed E-state index contributed by atoms with van der Waals surface area (Å²) in [5.74, 6) is 0.763. The number of benzene rings is 2. The SMILES string of the molecule is CCCn1c(N2CCN(C(c3ccccc3)c3ccccc3)CC2)nc2c1c(=O)[nH]c(=O)n2C. The monoisotopic (exact) mass is 458 g/mol. The number of aryl methyl sites for hydroxylation is 2. The fourth-order valence-electron chi connectivity index (χ4n) is 4.96. The van der Waals surface area contributed by atoms with Crippen LogP contribution in [-0.2, 0) is 13.6 Å². The zero-order valence-corrected chi connectivity index (χ0v) is 19.6. The second-order valence-corrected chi connectivity index (χ2v) is 8.80. The van der Waals surface area contributed by atoms with Gasteiger partial charge in [0.1, 0.15) is 0 Å². The van der Waals surface area contributed by atoms with Gasteiger partial charge in [0.2, 0.25) is 5.95 Å². The van der Waals surface area contributed by atoms with Gasteiger partial charge in [-0.1, -0.05) is 67.6 Å². The molecule has 8 nitrogen and oxygen atoms in total. The van der Waals surface area contributed by atoms with Gasteiger partial charge < -0.3 is 9.47 Å². The van der Waals surface area contributed by atoms with Gasteiger partial charge in [0.15, 0.2) is 11.2 Å². The van der Waals surface area contributed by atoms with E-state index in [0.29, 0.717) is 17.7 Å². The summed E-state index contributed by atoms with van der Waals surface area (Å²) in [6, 6.07) is 21.4. The maximum atomic E-state index is 12.6. The summed E-state index contributed by atoms with van der Waals surface area (Å²) in [4.78, 5) is 36.7. The van der Waals surface area contributed by atoms with Crippen molar-refractivity contribution >= 4 is 17.1 Å². The molecule has 0 amide bonds. The summed E-state index contributed by atoms with van der Waals surface area (Å²) in [5.41, 5.74) is 2.64. The number of aromatic amines is 1. The van der Waals surface area contributed by atoms with Gasteiger partial charge in [-0.3, -0.25) is 19.2 Å². The maximum Gasteiger partial charge on any atom is 0.329 e. The molecule has 0 bridgehead atoms. The van der Waals surface area contributed by atoms with Crippen molar-refractivity contribution in [3.8, 4) is 0 Å². The molecule has 0 saturated carbocycles. The first-order valence-corrected chi connectivity index (χ1v) is 11.9. The van der Waals surface area contributed by atoms with Crippen molar-refractivity contribution in [2.75, 3.05) is 31.1 Å². The van der Waals surface area contributed by atoms with Crippen molar-refractivity contribution in [2.24, 2.45) is 7.05 Å². The van der Waals surface area contributed by atoms with Crippen molar-refractivity contribution in [3.63, 3.8) is 0 Å². The van der Waals surface area contributed by atoms with Gasteiger partial charge in [0.25, 0.3) is 5.56 Å². The second kappa shape index (κ2) is 9.30. The quantitative estimate of drug-likeness (QED) is 0.481. The summed E-state index contributed by atoms with van der Waals surface area (Å²) in [7, 11) is 1.65. The highest BCUT2D eigenvalue weighted by molar-refractivity contribution is 5.74. The minimum atomic E-state index is -0.441. The van der Waals surface area contributed by atoms with Crippen LogP contribution in [-0.4, -0.2) is 50.2 Å². The number of aromatic nitrogens is 4. The van der Waals surface area contributed by atoms with E-state index in [1.165, 1.54) is 15.7 Å². The maximum absolute atomic E-state index is 12.6. The Balaban J connectivity index is 1.46. The predicted octanol–water partition coefficient (Wildman–Crippen LogP) is 2.74. The summed E-state index contributed by atoms with van der Waals surface area (Å²) in [6.07, 6.45) is 0.866. The predicted molar refractivity (Wildman–Crippen MR) is 134 cm³/mol. The lowest BCUT2D eigenvalue weighted by Gasteiger charge is -2.40. The zero-order chi connectivity index (χ0) is 23.7. The average molecular weight is 459 g/mol. The molecular formula is C26H30N6O2. The standard InChI is InChI=1S/C26H30N6O2/c1-3-14-32-22-23(29(2)26(34)28-24(22)33)27-25(32)31-17-15-30(16-18-31)21(19-10-6-4-7-11-19)20-12-8-5-9-13-20/h4-13,21H,3,14-18H2,1-2H3,(H,28,33,34). The van der Waals surface area contributed by atoms with Gasteiger partial charge in [-0.15, -0.1) is 0 Å². The van der Waals surface area contributed by atoms with E-state index in [9.17, 15) is 9.59 Å². The van der Waals surface area contributed by atoms with Crippen LogP contribution in [0.1, 0.15) is 30.5 Å². The molecular weight excluding hydrogens is 428 g/mol. The first-order valence-electron chi connectivity index (χ1n) is 11.9. The summed E-state index contributed by atoms with van der Waals surface area (Å²) in [5, 5.41) is 0. The van der Waals surface area contributed by atoms with E-state index in [4.69, 9.17) is 4.98 Å². The van der Waals surface area contributed by atoms with Gasteiger partial charge in [-0.25, -0.2) is 4.79 Å². The third-order valence-electron chi connectivity index (χ3n) is 6.63.